The Morgan fingerprint density at radius 3 is 2.86 bits per heavy atom. The number of fused-ring (bicyclic) bond motifs is 1. The van der Waals surface area contributed by atoms with Gasteiger partial charge in [0, 0.05) is 17.3 Å². The highest BCUT2D eigenvalue weighted by atomic mass is 16.4. The minimum absolute atomic E-state index is 0.000556. The molecular formula is C10H8N2O2. The van der Waals surface area contributed by atoms with Gasteiger partial charge in [-0.15, -0.1) is 0 Å². The van der Waals surface area contributed by atoms with Crippen LogP contribution in [-0.2, 0) is 0 Å². The van der Waals surface area contributed by atoms with Crippen molar-refractivity contribution in [3.63, 3.8) is 0 Å². The zero-order valence-corrected chi connectivity index (χ0v) is 7.27. The Hall–Kier alpha value is -2.10. The molecule has 0 amide bonds. The van der Waals surface area contributed by atoms with Gasteiger partial charge in [0.05, 0.1) is 0 Å². The lowest BCUT2D eigenvalue weighted by Gasteiger charge is -2.03. The third kappa shape index (κ3) is 1.17. The number of rotatable bonds is 1. The van der Waals surface area contributed by atoms with E-state index in [9.17, 15) is 4.79 Å². The van der Waals surface area contributed by atoms with Gasteiger partial charge in [0.2, 0.25) is 0 Å². The van der Waals surface area contributed by atoms with Crippen LogP contribution in [0.5, 0.6) is 0 Å². The van der Waals surface area contributed by atoms with Crippen LogP contribution in [0.15, 0.2) is 30.5 Å². The molecule has 0 bridgehead atoms. The molecule has 1 heterocycles. The molecule has 0 radical (unpaired) electrons. The number of aromatic carboxylic acids is 1. The van der Waals surface area contributed by atoms with Crippen molar-refractivity contribution < 1.29 is 9.90 Å². The Morgan fingerprint density at radius 2 is 2.14 bits per heavy atom. The van der Waals surface area contributed by atoms with Gasteiger partial charge in [-0.3, -0.25) is 0 Å². The third-order valence-electron chi connectivity index (χ3n) is 2.03. The predicted octanol–water partition coefficient (Wildman–Crippen LogP) is 1.52. The van der Waals surface area contributed by atoms with Gasteiger partial charge in [-0.05, 0) is 17.5 Å². The summed E-state index contributed by atoms with van der Waals surface area (Å²) in [5.74, 6) is -1.06. The van der Waals surface area contributed by atoms with Gasteiger partial charge in [-0.1, -0.05) is 12.1 Å². The topological polar surface area (TPSA) is 76.2 Å². The number of nitrogens with zero attached hydrogens (tertiary/aromatic N) is 1. The van der Waals surface area contributed by atoms with Crippen LogP contribution in [0, 0.1) is 0 Å². The molecule has 0 fully saturated rings. The molecule has 14 heavy (non-hydrogen) atoms. The number of anilines is 1. The minimum atomic E-state index is -1.06. The maximum Gasteiger partial charge on any atom is 0.355 e. The van der Waals surface area contributed by atoms with Crippen LogP contribution in [0.2, 0.25) is 0 Å². The van der Waals surface area contributed by atoms with E-state index in [4.69, 9.17) is 10.8 Å². The number of aromatic nitrogens is 1. The first-order valence-electron chi connectivity index (χ1n) is 4.06. The van der Waals surface area contributed by atoms with E-state index in [-0.39, 0.29) is 5.69 Å². The number of nitrogen functional groups attached to an aromatic ring is 1. The Labute approximate surface area is 80.0 Å². The molecule has 0 unspecified atom stereocenters. The lowest BCUT2D eigenvalue weighted by molar-refractivity contribution is 0.0693. The van der Waals surface area contributed by atoms with Crippen LogP contribution in [0.3, 0.4) is 0 Å². The van der Waals surface area contributed by atoms with Crippen molar-refractivity contribution >= 4 is 22.4 Å². The highest BCUT2D eigenvalue weighted by molar-refractivity contribution is 6.06. The van der Waals surface area contributed by atoms with Gasteiger partial charge in [-0.2, -0.15) is 0 Å². The van der Waals surface area contributed by atoms with Gasteiger partial charge >= 0.3 is 5.97 Å². The highest BCUT2D eigenvalue weighted by Gasteiger charge is 2.11. The number of carbonyl (C=O) groups is 1. The average molecular weight is 188 g/mol. The van der Waals surface area contributed by atoms with Crippen LogP contribution >= 0.6 is 0 Å². The van der Waals surface area contributed by atoms with Crippen molar-refractivity contribution in [1.29, 1.82) is 0 Å². The molecule has 3 N–H and O–H groups in total. The first kappa shape index (κ1) is 8.50. The van der Waals surface area contributed by atoms with E-state index in [2.05, 4.69) is 4.98 Å². The molecule has 0 aliphatic carbocycles. The van der Waals surface area contributed by atoms with E-state index >= 15 is 0 Å². The summed E-state index contributed by atoms with van der Waals surface area (Å²) in [5.41, 5.74) is 6.13. The normalized spacial score (nSPS) is 10.3. The molecule has 4 heteroatoms. The molecule has 4 nitrogen and oxygen atoms in total. The van der Waals surface area contributed by atoms with Crippen LogP contribution in [0.4, 0.5) is 5.69 Å². The van der Waals surface area contributed by atoms with E-state index in [1.807, 2.05) is 0 Å². The summed E-state index contributed by atoms with van der Waals surface area (Å²) in [6, 6.07) is 6.98. The standard InChI is InChI=1S/C10H8N2O2/c11-7-3-1-2-6-4-5-12-9(8(6)7)10(13)14/h1-5H,11H2,(H,13,14). The van der Waals surface area contributed by atoms with Gasteiger partial charge in [0.1, 0.15) is 0 Å². The van der Waals surface area contributed by atoms with Crippen LogP contribution < -0.4 is 5.73 Å². The van der Waals surface area contributed by atoms with Crippen molar-refractivity contribution in [2.45, 2.75) is 0 Å². The highest BCUT2D eigenvalue weighted by Crippen LogP contribution is 2.22. The Morgan fingerprint density at radius 1 is 1.36 bits per heavy atom. The fourth-order valence-electron chi connectivity index (χ4n) is 1.42. The fourth-order valence-corrected chi connectivity index (χ4v) is 1.42. The Kier molecular flexibility index (Phi) is 1.81. The second-order valence-corrected chi connectivity index (χ2v) is 2.91. The van der Waals surface area contributed by atoms with Crippen LogP contribution in [0.25, 0.3) is 10.8 Å². The molecule has 1 aromatic heterocycles. The SMILES string of the molecule is Nc1cccc2ccnc(C(=O)O)c12. The minimum Gasteiger partial charge on any atom is -0.476 e. The molecule has 0 saturated carbocycles. The monoisotopic (exact) mass is 188 g/mol. The van der Waals surface area contributed by atoms with Gasteiger partial charge in [0.25, 0.3) is 0 Å². The summed E-state index contributed by atoms with van der Waals surface area (Å²) in [4.78, 5) is 14.6. The maximum atomic E-state index is 10.8. The number of benzene rings is 1. The molecular weight excluding hydrogens is 180 g/mol. The number of pyridine rings is 1. The van der Waals surface area contributed by atoms with E-state index < -0.39 is 5.97 Å². The average Bonchev–Trinajstić information content (AvgIpc) is 2.17. The molecule has 70 valence electrons. The second kappa shape index (κ2) is 2.99. The number of carboxylic acid groups (broad SMARTS) is 1. The van der Waals surface area contributed by atoms with Gasteiger partial charge in [0.15, 0.2) is 5.69 Å². The predicted molar refractivity (Wildman–Crippen MR) is 53.1 cm³/mol. The fraction of sp³-hybridized carbons (Fsp3) is 0. The zero-order valence-electron chi connectivity index (χ0n) is 7.27. The second-order valence-electron chi connectivity index (χ2n) is 2.91. The zero-order chi connectivity index (χ0) is 10.1. The first-order valence-corrected chi connectivity index (χ1v) is 4.06. The molecule has 0 saturated heterocycles. The summed E-state index contributed by atoms with van der Waals surface area (Å²) < 4.78 is 0. The molecule has 0 spiro atoms. The Bertz CT molecular complexity index is 503. The van der Waals surface area contributed by atoms with Crippen molar-refractivity contribution in [2.24, 2.45) is 0 Å². The summed E-state index contributed by atoms with van der Waals surface area (Å²) in [6.07, 6.45) is 1.46. The van der Waals surface area contributed by atoms with Crippen molar-refractivity contribution in [2.75, 3.05) is 5.73 Å². The smallest absolute Gasteiger partial charge is 0.355 e. The Balaban J connectivity index is 2.91. The van der Waals surface area contributed by atoms with E-state index in [1.54, 1.807) is 24.3 Å². The number of carboxylic acids is 1. The molecule has 0 aliphatic rings. The quantitative estimate of drug-likeness (QED) is 0.665. The largest absolute Gasteiger partial charge is 0.476 e. The van der Waals surface area contributed by atoms with E-state index in [0.717, 1.165) is 5.39 Å². The number of nitrogens with two attached hydrogens (primary N) is 1. The van der Waals surface area contributed by atoms with Crippen molar-refractivity contribution in [3.05, 3.63) is 36.2 Å². The van der Waals surface area contributed by atoms with Crippen molar-refractivity contribution in [3.8, 4) is 0 Å². The first-order chi connectivity index (χ1) is 6.70. The molecule has 2 rings (SSSR count). The van der Waals surface area contributed by atoms with E-state index in [0.29, 0.717) is 11.1 Å². The summed E-state index contributed by atoms with van der Waals surface area (Å²) in [7, 11) is 0. The number of hydrogen-bond acceptors (Lipinski definition) is 3. The molecule has 2 aromatic rings. The lowest BCUT2D eigenvalue weighted by atomic mass is 10.1. The third-order valence-corrected chi connectivity index (χ3v) is 2.03. The summed E-state index contributed by atoms with van der Waals surface area (Å²) >= 11 is 0. The molecule has 0 aliphatic heterocycles. The molecule has 0 atom stereocenters. The van der Waals surface area contributed by atoms with Gasteiger partial charge in [-0.25, -0.2) is 9.78 Å². The molecule has 1 aromatic carbocycles. The van der Waals surface area contributed by atoms with Gasteiger partial charge < -0.3 is 10.8 Å². The maximum absolute atomic E-state index is 10.8. The lowest BCUT2D eigenvalue weighted by Crippen LogP contribution is -2.02. The summed E-state index contributed by atoms with van der Waals surface area (Å²) in [6.45, 7) is 0. The van der Waals surface area contributed by atoms with Crippen LogP contribution in [0.1, 0.15) is 10.5 Å². The van der Waals surface area contributed by atoms with Crippen LogP contribution in [-0.4, -0.2) is 16.1 Å². The van der Waals surface area contributed by atoms with E-state index in [1.165, 1.54) is 6.20 Å². The number of hydrogen-bond donors (Lipinski definition) is 2. The summed E-state index contributed by atoms with van der Waals surface area (Å²) in [5, 5.41) is 10.2. The van der Waals surface area contributed by atoms with Crippen molar-refractivity contribution in [1.82, 2.24) is 4.98 Å².